The van der Waals surface area contributed by atoms with Crippen molar-refractivity contribution in [2.24, 2.45) is 7.05 Å². The van der Waals surface area contributed by atoms with Crippen LogP contribution in [0.15, 0.2) is 33.9 Å². The van der Waals surface area contributed by atoms with Crippen molar-refractivity contribution in [2.45, 2.75) is 26.9 Å². The smallest absolute Gasteiger partial charge is 0.313 e. The second kappa shape index (κ2) is 6.83. The maximum Gasteiger partial charge on any atom is 0.332 e. The number of hydrogen-bond acceptors (Lipinski definition) is 3. The van der Waals surface area contributed by atoms with Crippen molar-refractivity contribution >= 4 is 40.1 Å². The maximum atomic E-state index is 13.3. The first-order valence-electron chi connectivity index (χ1n) is 8.83. The molecule has 0 spiro atoms. The molecule has 3 heterocycles. The van der Waals surface area contributed by atoms with Gasteiger partial charge in [-0.2, -0.15) is 4.98 Å². The Hall–Kier alpha value is -2.51. The first-order chi connectivity index (χ1) is 13.3. The van der Waals surface area contributed by atoms with Crippen molar-refractivity contribution in [3.8, 4) is 0 Å². The second-order valence-electron chi connectivity index (χ2n) is 6.79. The van der Waals surface area contributed by atoms with E-state index in [4.69, 9.17) is 23.2 Å². The molecule has 0 fully saturated rings. The Kier molecular flexibility index (Phi) is 4.59. The molecule has 7 nitrogen and oxygen atoms in total. The molecule has 146 valence electrons. The summed E-state index contributed by atoms with van der Waals surface area (Å²) in [4.78, 5) is 30.8. The molecule has 4 aromatic rings. The summed E-state index contributed by atoms with van der Waals surface area (Å²) in [5, 5.41) is 0.555. The Labute approximate surface area is 170 Å². The van der Waals surface area contributed by atoms with E-state index in [0.29, 0.717) is 34.4 Å². The van der Waals surface area contributed by atoms with Crippen LogP contribution < -0.4 is 11.2 Å². The molecule has 0 aliphatic heterocycles. The zero-order chi connectivity index (χ0) is 20.2. The highest BCUT2D eigenvalue weighted by molar-refractivity contribution is 6.30. The van der Waals surface area contributed by atoms with Crippen LogP contribution in [0.5, 0.6) is 0 Å². The fraction of sp³-hybridized carbons (Fsp3) is 0.316. The van der Waals surface area contributed by atoms with Gasteiger partial charge in [-0.15, -0.1) is 11.6 Å². The molecular weight excluding hydrogens is 401 g/mol. The van der Waals surface area contributed by atoms with Gasteiger partial charge in [-0.05, 0) is 31.5 Å². The zero-order valence-electron chi connectivity index (χ0n) is 15.7. The minimum Gasteiger partial charge on any atom is -0.313 e. The first kappa shape index (κ1) is 18.8. The summed E-state index contributed by atoms with van der Waals surface area (Å²) in [5.41, 5.74) is 2.60. The summed E-state index contributed by atoms with van der Waals surface area (Å²) in [6.07, 6.45) is 0. The molecule has 4 rings (SSSR count). The Morgan fingerprint density at radius 1 is 1.11 bits per heavy atom. The van der Waals surface area contributed by atoms with Gasteiger partial charge in [0.25, 0.3) is 5.56 Å². The van der Waals surface area contributed by atoms with Crippen LogP contribution in [0.3, 0.4) is 0 Å². The number of fused-ring (bicyclic) bond motifs is 3. The van der Waals surface area contributed by atoms with E-state index in [9.17, 15) is 9.59 Å². The number of halogens is 2. The van der Waals surface area contributed by atoms with E-state index in [-0.39, 0.29) is 12.1 Å². The van der Waals surface area contributed by atoms with Gasteiger partial charge in [0.2, 0.25) is 5.78 Å². The SMILES string of the molecule is Cc1c(C)n2c3c(=O)n(Cc4cccc(Cl)c4)c(=O)n(C)c3nc2n1CCCl. The number of hydrogen-bond donors (Lipinski definition) is 0. The fourth-order valence-corrected chi connectivity index (χ4v) is 4.01. The molecule has 0 saturated carbocycles. The number of imidazole rings is 2. The number of alkyl halides is 1. The minimum atomic E-state index is -0.420. The van der Waals surface area contributed by atoms with Crippen molar-refractivity contribution in [3.63, 3.8) is 0 Å². The van der Waals surface area contributed by atoms with Crippen LogP contribution in [-0.2, 0) is 20.1 Å². The van der Waals surface area contributed by atoms with Crippen LogP contribution in [0.2, 0.25) is 5.02 Å². The van der Waals surface area contributed by atoms with Crippen LogP contribution in [0.25, 0.3) is 16.9 Å². The van der Waals surface area contributed by atoms with Gasteiger partial charge < -0.3 is 4.57 Å². The zero-order valence-corrected chi connectivity index (χ0v) is 17.3. The van der Waals surface area contributed by atoms with Gasteiger partial charge >= 0.3 is 5.69 Å². The van der Waals surface area contributed by atoms with Crippen molar-refractivity contribution in [1.82, 2.24) is 23.1 Å². The van der Waals surface area contributed by atoms with Gasteiger partial charge in [0.15, 0.2) is 11.2 Å². The number of nitrogens with zero attached hydrogens (tertiary/aromatic N) is 5. The van der Waals surface area contributed by atoms with Crippen molar-refractivity contribution in [2.75, 3.05) is 5.88 Å². The molecule has 0 atom stereocenters. The first-order valence-corrected chi connectivity index (χ1v) is 9.74. The van der Waals surface area contributed by atoms with Crippen LogP contribution in [0.1, 0.15) is 17.0 Å². The normalized spacial score (nSPS) is 11.8. The number of benzene rings is 1. The van der Waals surface area contributed by atoms with Gasteiger partial charge in [0.05, 0.1) is 6.54 Å². The van der Waals surface area contributed by atoms with Crippen LogP contribution in [0, 0.1) is 13.8 Å². The van der Waals surface area contributed by atoms with E-state index >= 15 is 0 Å². The van der Waals surface area contributed by atoms with Crippen LogP contribution in [-0.4, -0.2) is 29.0 Å². The lowest BCUT2D eigenvalue weighted by Gasteiger charge is -2.09. The van der Waals surface area contributed by atoms with Crippen molar-refractivity contribution in [3.05, 3.63) is 67.1 Å². The topological polar surface area (TPSA) is 66.2 Å². The Balaban J connectivity index is 2.06. The predicted molar refractivity (Wildman–Crippen MR) is 111 cm³/mol. The average molecular weight is 420 g/mol. The second-order valence-corrected chi connectivity index (χ2v) is 7.61. The summed E-state index contributed by atoms with van der Waals surface area (Å²) in [6.45, 7) is 4.60. The summed E-state index contributed by atoms with van der Waals surface area (Å²) in [6, 6.07) is 7.13. The van der Waals surface area contributed by atoms with Crippen molar-refractivity contribution in [1.29, 1.82) is 0 Å². The number of rotatable bonds is 4. The molecule has 0 N–H and O–H groups in total. The molecule has 0 amide bonds. The van der Waals surface area contributed by atoms with E-state index in [0.717, 1.165) is 17.0 Å². The lowest BCUT2D eigenvalue weighted by Crippen LogP contribution is -2.39. The molecule has 9 heteroatoms. The quantitative estimate of drug-likeness (QED) is 0.477. The third-order valence-corrected chi connectivity index (χ3v) is 5.57. The lowest BCUT2D eigenvalue weighted by molar-refractivity contribution is 0.656. The van der Waals surface area contributed by atoms with Gasteiger partial charge in [-0.3, -0.25) is 18.3 Å². The third kappa shape index (κ3) is 2.69. The fourth-order valence-electron chi connectivity index (χ4n) is 3.62. The predicted octanol–water partition coefficient (Wildman–Crippen LogP) is 2.71. The van der Waals surface area contributed by atoms with E-state index in [1.807, 2.05) is 28.9 Å². The number of aryl methyl sites for hydroxylation is 3. The van der Waals surface area contributed by atoms with Crippen LogP contribution in [0.4, 0.5) is 0 Å². The molecule has 0 unspecified atom stereocenters. The van der Waals surface area contributed by atoms with E-state index in [1.165, 1.54) is 9.13 Å². The molecule has 28 heavy (non-hydrogen) atoms. The summed E-state index contributed by atoms with van der Waals surface area (Å²) < 4.78 is 6.41. The molecule has 0 aliphatic carbocycles. The standard InChI is InChI=1S/C19H19Cl2N5O2/c1-11-12(2)26-15-16(22-18(26)24(11)8-7-20)23(3)19(28)25(17(15)27)10-13-5-4-6-14(21)9-13/h4-6,9H,7-8,10H2,1-3H3. The highest BCUT2D eigenvalue weighted by Gasteiger charge is 2.22. The highest BCUT2D eigenvalue weighted by atomic mass is 35.5. The van der Waals surface area contributed by atoms with Gasteiger partial charge in [-0.1, -0.05) is 23.7 Å². The highest BCUT2D eigenvalue weighted by Crippen LogP contribution is 2.21. The molecule has 0 bridgehead atoms. The maximum absolute atomic E-state index is 13.3. The Bertz CT molecular complexity index is 1340. The van der Waals surface area contributed by atoms with Crippen LogP contribution >= 0.6 is 23.2 Å². The van der Waals surface area contributed by atoms with Gasteiger partial charge in [0.1, 0.15) is 0 Å². The summed E-state index contributed by atoms with van der Waals surface area (Å²) in [7, 11) is 1.62. The van der Waals surface area contributed by atoms with E-state index < -0.39 is 5.69 Å². The van der Waals surface area contributed by atoms with Crippen molar-refractivity contribution < 1.29 is 0 Å². The minimum absolute atomic E-state index is 0.135. The third-order valence-electron chi connectivity index (χ3n) is 5.17. The summed E-state index contributed by atoms with van der Waals surface area (Å²) >= 11 is 12.0. The lowest BCUT2D eigenvalue weighted by atomic mass is 10.2. The molecule has 0 saturated heterocycles. The van der Waals surface area contributed by atoms with Gasteiger partial charge in [-0.25, -0.2) is 4.79 Å². The van der Waals surface area contributed by atoms with E-state index in [1.54, 1.807) is 25.2 Å². The van der Waals surface area contributed by atoms with E-state index in [2.05, 4.69) is 4.98 Å². The molecular formula is C19H19Cl2N5O2. The number of aromatic nitrogens is 5. The molecule has 0 aliphatic rings. The molecule has 1 aromatic carbocycles. The Morgan fingerprint density at radius 2 is 1.86 bits per heavy atom. The monoisotopic (exact) mass is 419 g/mol. The molecule has 3 aromatic heterocycles. The Morgan fingerprint density at radius 3 is 2.54 bits per heavy atom. The average Bonchev–Trinajstić information content (AvgIpc) is 3.16. The summed E-state index contributed by atoms with van der Waals surface area (Å²) in [5.74, 6) is 1.03. The van der Waals surface area contributed by atoms with Gasteiger partial charge in [0, 0.05) is 35.9 Å². The molecule has 0 radical (unpaired) electrons. The largest absolute Gasteiger partial charge is 0.332 e.